The summed E-state index contributed by atoms with van der Waals surface area (Å²) in [5, 5.41) is 24.7. The summed E-state index contributed by atoms with van der Waals surface area (Å²) < 4.78 is 5.23. The number of hydrogen-bond acceptors (Lipinski definition) is 7. The van der Waals surface area contributed by atoms with Crippen molar-refractivity contribution in [1.29, 1.82) is 0 Å². The molecule has 1 fully saturated rings. The van der Waals surface area contributed by atoms with Crippen LogP contribution in [-0.2, 0) is 4.74 Å². The van der Waals surface area contributed by atoms with E-state index >= 15 is 0 Å². The van der Waals surface area contributed by atoms with Crippen molar-refractivity contribution in [2.75, 3.05) is 6.54 Å². The number of rotatable bonds is 4. The Bertz CT molecular complexity index is 563. The number of nitro groups is 2. The molecule has 1 saturated heterocycles. The second-order valence-corrected chi connectivity index (χ2v) is 4.95. The summed E-state index contributed by atoms with van der Waals surface area (Å²) in [7, 11) is 0. The first-order valence-electron chi connectivity index (χ1n) is 6.85. The van der Waals surface area contributed by atoms with Gasteiger partial charge in [-0.15, -0.1) is 0 Å². The Morgan fingerprint density at radius 3 is 2.32 bits per heavy atom. The molecule has 9 heteroatoms. The summed E-state index contributed by atoms with van der Waals surface area (Å²) in [6.07, 6.45) is 3.08. The van der Waals surface area contributed by atoms with Gasteiger partial charge < -0.3 is 4.74 Å². The number of non-ortho nitro benzene ring substituents is 2. The average molecular weight is 309 g/mol. The molecule has 0 saturated carbocycles. The van der Waals surface area contributed by atoms with Gasteiger partial charge in [0.05, 0.1) is 21.5 Å². The number of carbonyl (C=O) groups excluding carboxylic acids is 1. The fourth-order valence-corrected chi connectivity index (χ4v) is 2.22. The van der Waals surface area contributed by atoms with Gasteiger partial charge in [-0.25, -0.2) is 4.79 Å². The molecule has 22 heavy (non-hydrogen) atoms. The van der Waals surface area contributed by atoms with E-state index in [-0.39, 0.29) is 5.56 Å². The zero-order valence-corrected chi connectivity index (χ0v) is 11.7. The third-order valence-corrected chi connectivity index (χ3v) is 3.32. The monoisotopic (exact) mass is 309 g/mol. The third-order valence-electron chi connectivity index (χ3n) is 3.32. The fraction of sp³-hybridized carbons (Fsp3) is 0.462. The standard InChI is InChI=1S/C13H15N3O6/c17-13(22-12-4-2-1-3-5-14-12)9-6-10(15(18)19)8-11(7-9)16(20)21/h6-8,12,14H,1-5H2. The molecule has 1 atom stereocenters. The van der Waals surface area contributed by atoms with Crippen molar-refractivity contribution in [3.8, 4) is 0 Å². The van der Waals surface area contributed by atoms with Crippen LogP contribution in [0.4, 0.5) is 11.4 Å². The Hall–Kier alpha value is -2.55. The minimum absolute atomic E-state index is 0.202. The summed E-state index contributed by atoms with van der Waals surface area (Å²) in [6, 6.07) is 2.76. The molecular weight excluding hydrogens is 294 g/mol. The van der Waals surface area contributed by atoms with E-state index in [1.165, 1.54) is 0 Å². The van der Waals surface area contributed by atoms with Crippen LogP contribution >= 0.6 is 0 Å². The van der Waals surface area contributed by atoms with Crippen molar-refractivity contribution in [3.63, 3.8) is 0 Å². The van der Waals surface area contributed by atoms with Crippen molar-refractivity contribution in [2.24, 2.45) is 0 Å². The first-order chi connectivity index (χ1) is 10.5. The van der Waals surface area contributed by atoms with E-state index in [4.69, 9.17) is 4.74 Å². The van der Waals surface area contributed by atoms with Gasteiger partial charge in [-0.3, -0.25) is 25.5 Å². The summed E-state index contributed by atoms with van der Waals surface area (Å²) in [4.78, 5) is 32.1. The molecule has 1 aromatic rings. The molecule has 118 valence electrons. The zero-order chi connectivity index (χ0) is 16.1. The molecule has 1 aliphatic rings. The molecule has 1 unspecified atom stereocenters. The average Bonchev–Trinajstić information content (AvgIpc) is 2.75. The fourth-order valence-electron chi connectivity index (χ4n) is 2.22. The molecular formula is C13H15N3O6. The lowest BCUT2D eigenvalue weighted by Gasteiger charge is -2.16. The van der Waals surface area contributed by atoms with E-state index in [0.29, 0.717) is 13.0 Å². The number of hydrogen-bond donors (Lipinski definition) is 1. The van der Waals surface area contributed by atoms with Crippen LogP contribution in [0.5, 0.6) is 0 Å². The van der Waals surface area contributed by atoms with Crippen LogP contribution in [0.25, 0.3) is 0 Å². The molecule has 1 aromatic carbocycles. The van der Waals surface area contributed by atoms with E-state index in [1.54, 1.807) is 0 Å². The van der Waals surface area contributed by atoms with Crippen LogP contribution in [0.1, 0.15) is 36.0 Å². The van der Waals surface area contributed by atoms with Gasteiger partial charge in [-0.1, -0.05) is 6.42 Å². The van der Waals surface area contributed by atoms with Crippen LogP contribution in [0.3, 0.4) is 0 Å². The first-order valence-corrected chi connectivity index (χ1v) is 6.85. The minimum Gasteiger partial charge on any atom is -0.443 e. The second-order valence-electron chi connectivity index (χ2n) is 4.95. The van der Waals surface area contributed by atoms with Crippen molar-refractivity contribution in [2.45, 2.75) is 31.9 Å². The molecule has 2 rings (SSSR count). The number of esters is 1. The van der Waals surface area contributed by atoms with Crippen molar-refractivity contribution >= 4 is 17.3 Å². The summed E-state index contributed by atoms with van der Waals surface area (Å²) in [5.74, 6) is -0.814. The second kappa shape index (κ2) is 6.94. The Labute approximate surface area is 125 Å². The molecule has 0 bridgehead atoms. The van der Waals surface area contributed by atoms with Crippen molar-refractivity contribution in [3.05, 3.63) is 44.0 Å². The van der Waals surface area contributed by atoms with Crippen LogP contribution in [-0.4, -0.2) is 28.6 Å². The van der Waals surface area contributed by atoms with E-state index < -0.39 is 33.4 Å². The maximum absolute atomic E-state index is 12.1. The number of nitrogens with one attached hydrogen (secondary N) is 1. The smallest absolute Gasteiger partial charge is 0.340 e. The summed E-state index contributed by atoms with van der Waals surface area (Å²) >= 11 is 0. The highest BCUT2D eigenvalue weighted by molar-refractivity contribution is 5.91. The molecule has 1 aliphatic heterocycles. The van der Waals surface area contributed by atoms with Crippen LogP contribution in [0, 0.1) is 20.2 Å². The van der Waals surface area contributed by atoms with Gasteiger partial charge in [0.15, 0.2) is 6.23 Å². The number of benzene rings is 1. The normalized spacial score (nSPS) is 18.3. The third kappa shape index (κ3) is 3.98. The number of nitrogens with zero attached hydrogens (tertiary/aromatic N) is 2. The van der Waals surface area contributed by atoms with Crippen LogP contribution in [0.15, 0.2) is 18.2 Å². The minimum atomic E-state index is -0.814. The van der Waals surface area contributed by atoms with Gasteiger partial charge in [0.2, 0.25) is 0 Å². The number of carbonyl (C=O) groups is 1. The molecule has 0 spiro atoms. The Morgan fingerprint density at radius 1 is 1.09 bits per heavy atom. The highest BCUT2D eigenvalue weighted by Crippen LogP contribution is 2.23. The summed E-state index contributed by atoms with van der Waals surface area (Å²) in [5.41, 5.74) is -1.24. The number of ether oxygens (including phenoxy) is 1. The van der Waals surface area contributed by atoms with Gasteiger partial charge in [-0.05, 0) is 25.8 Å². The Balaban J connectivity index is 2.20. The molecule has 0 aliphatic carbocycles. The molecule has 1 heterocycles. The topological polar surface area (TPSA) is 125 Å². The quantitative estimate of drug-likeness (QED) is 0.513. The number of nitro benzene ring substituents is 2. The van der Waals surface area contributed by atoms with Gasteiger partial charge >= 0.3 is 5.97 Å². The predicted molar refractivity (Wildman–Crippen MR) is 75.4 cm³/mol. The van der Waals surface area contributed by atoms with E-state index in [9.17, 15) is 25.0 Å². The maximum Gasteiger partial charge on any atom is 0.340 e. The van der Waals surface area contributed by atoms with Gasteiger partial charge in [0, 0.05) is 12.1 Å². The van der Waals surface area contributed by atoms with Gasteiger partial charge in [-0.2, -0.15) is 0 Å². The van der Waals surface area contributed by atoms with E-state index in [1.807, 2.05) is 0 Å². The molecule has 9 nitrogen and oxygen atoms in total. The molecule has 0 amide bonds. The Morgan fingerprint density at radius 2 is 1.73 bits per heavy atom. The van der Waals surface area contributed by atoms with Gasteiger partial charge in [0.25, 0.3) is 11.4 Å². The van der Waals surface area contributed by atoms with E-state index in [0.717, 1.165) is 37.5 Å². The molecule has 1 N–H and O–H groups in total. The zero-order valence-electron chi connectivity index (χ0n) is 11.7. The predicted octanol–water partition coefficient (Wildman–Crippen LogP) is 2.15. The van der Waals surface area contributed by atoms with Crippen LogP contribution in [0.2, 0.25) is 0 Å². The lowest BCUT2D eigenvalue weighted by atomic mass is 10.1. The highest BCUT2D eigenvalue weighted by atomic mass is 16.6. The summed E-state index contributed by atoms with van der Waals surface area (Å²) in [6.45, 7) is 0.715. The lowest BCUT2D eigenvalue weighted by molar-refractivity contribution is -0.394. The molecule has 0 radical (unpaired) electrons. The van der Waals surface area contributed by atoms with Crippen molar-refractivity contribution in [1.82, 2.24) is 5.32 Å². The highest BCUT2D eigenvalue weighted by Gasteiger charge is 2.23. The Kier molecular flexibility index (Phi) is 4.99. The van der Waals surface area contributed by atoms with Crippen molar-refractivity contribution < 1.29 is 19.4 Å². The largest absolute Gasteiger partial charge is 0.443 e. The SMILES string of the molecule is O=C(OC1CCCCCN1)c1cc([N+](=O)[O-])cc([N+](=O)[O-])c1. The lowest BCUT2D eigenvalue weighted by Crippen LogP contribution is -2.33. The molecule has 0 aromatic heterocycles. The first kappa shape index (κ1) is 15.8. The van der Waals surface area contributed by atoms with E-state index in [2.05, 4.69) is 5.32 Å². The van der Waals surface area contributed by atoms with Gasteiger partial charge in [0.1, 0.15) is 0 Å². The van der Waals surface area contributed by atoms with Crippen LogP contribution < -0.4 is 5.32 Å². The maximum atomic E-state index is 12.1.